The first-order valence-electron chi connectivity index (χ1n) is 8.73. The topological polar surface area (TPSA) is 52.6 Å². The van der Waals surface area contributed by atoms with Crippen molar-refractivity contribution < 1.29 is 19.1 Å². The van der Waals surface area contributed by atoms with Crippen LogP contribution < -0.4 is 0 Å². The van der Waals surface area contributed by atoms with Gasteiger partial charge in [-0.05, 0) is 48.2 Å². The molecule has 0 bridgehead atoms. The molecule has 0 atom stereocenters. The van der Waals surface area contributed by atoms with Crippen molar-refractivity contribution in [3.05, 3.63) is 58.1 Å². The van der Waals surface area contributed by atoms with Crippen LogP contribution in [0.1, 0.15) is 37.8 Å². The molecule has 0 saturated carbocycles. The van der Waals surface area contributed by atoms with E-state index in [0.717, 1.165) is 26.7 Å². The molecule has 0 aromatic heterocycles. The molecule has 0 aliphatic heterocycles. The molecule has 1 aliphatic rings. The van der Waals surface area contributed by atoms with Crippen LogP contribution in [0.2, 0.25) is 0 Å². The molecule has 0 amide bonds. The van der Waals surface area contributed by atoms with Gasteiger partial charge in [0.25, 0.3) is 0 Å². The van der Waals surface area contributed by atoms with Crippen molar-refractivity contribution in [1.82, 2.24) is 0 Å². The molecule has 5 heteroatoms. The number of ether oxygens (including phenoxy) is 2. The highest BCUT2D eigenvalue weighted by Gasteiger charge is 2.47. The summed E-state index contributed by atoms with van der Waals surface area (Å²) >= 11 is 3.52. The van der Waals surface area contributed by atoms with Gasteiger partial charge in [0.15, 0.2) is 0 Å². The van der Waals surface area contributed by atoms with Crippen molar-refractivity contribution in [3.63, 3.8) is 0 Å². The Kier molecular flexibility index (Phi) is 5.47. The second kappa shape index (κ2) is 7.62. The molecule has 1 aliphatic carbocycles. The van der Waals surface area contributed by atoms with E-state index in [1.807, 2.05) is 42.5 Å². The highest BCUT2D eigenvalue weighted by molar-refractivity contribution is 9.10. The minimum Gasteiger partial charge on any atom is -0.466 e. The van der Waals surface area contributed by atoms with Gasteiger partial charge in [-0.25, -0.2) is 0 Å². The number of rotatable bonds is 6. The molecular weight excluding hydrogens is 396 g/mol. The van der Waals surface area contributed by atoms with Crippen LogP contribution in [0.4, 0.5) is 0 Å². The molecule has 0 radical (unpaired) electrons. The average Bonchev–Trinajstić information content (AvgIpc) is 2.85. The zero-order valence-corrected chi connectivity index (χ0v) is 16.5. The number of carbonyl (C=O) groups excluding carboxylic acids is 2. The fraction of sp³-hybridized carbons (Fsp3) is 0.333. The standard InChI is InChI=1S/C21H21BrO4/c1-3-25-19(23)12-21(13-20(24)26-4-2)17-8-6-5-7-15(17)16-10-9-14(22)11-18(16)21/h5-11H,3-4,12-13H2,1-2H3. The van der Waals surface area contributed by atoms with Crippen LogP contribution in [-0.4, -0.2) is 25.2 Å². The summed E-state index contributed by atoms with van der Waals surface area (Å²) in [6.07, 6.45) is 0.195. The Bertz CT molecular complexity index is 824. The Morgan fingerprint density at radius 1 is 0.885 bits per heavy atom. The molecule has 2 aromatic carbocycles. The minimum atomic E-state index is -0.784. The second-order valence-corrected chi connectivity index (χ2v) is 7.20. The van der Waals surface area contributed by atoms with E-state index in [0.29, 0.717) is 13.2 Å². The van der Waals surface area contributed by atoms with Crippen molar-refractivity contribution in [3.8, 4) is 11.1 Å². The van der Waals surface area contributed by atoms with Gasteiger partial charge in [-0.3, -0.25) is 9.59 Å². The predicted octanol–water partition coefficient (Wildman–Crippen LogP) is 4.62. The molecule has 2 aromatic rings. The molecule has 0 saturated heterocycles. The molecule has 136 valence electrons. The first kappa shape index (κ1) is 18.6. The lowest BCUT2D eigenvalue weighted by atomic mass is 9.73. The molecule has 3 rings (SSSR count). The third-order valence-electron chi connectivity index (χ3n) is 4.73. The van der Waals surface area contributed by atoms with Crippen molar-refractivity contribution in [1.29, 1.82) is 0 Å². The lowest BCUT2D eigenvalue weighted by Crippen LogP contribution is -2.33. The van der Waals surface area contributed by atoms with Gasteiger partial charge < -0.3 is 9.47 Å². The average molecular weight is 417 g/mol. The van der Waals surface area contributed by atoms with Crippen molar-refractivity contribution >= 4 is 27.9 Å². The van der Waals surface area contributed by atoms with Gasteiger partial charge in [0.1, 0.15) is 0 Å². The molecule has 4 nitrogen and oxygen atoms in total. The van der Waals surface area contributed by atoms with Gasteiger partial charge in [0, 0.05) is 9.89 Å². The summed E-state index contributed by atoms with van der Waals surface area (Å²) in [5.74, 6) is -0.640. The molecule has 0 unspecified atom stereocenters. The van der Waals surface area contributed by atoms with Crippen molar-refractivity contribution in [2.45, 2.75) is 32.1 Å². The normalized spacial score (nSPS) is 13.7. The molecule has 26 heavy (non-hydrogen) atoms. The quantitative estimate of drug-likeness (QED) is 0.644. The highest BCUT2D eigenvalue weighted by Crippen LogP contribution is 2.53. The summed E-state index contributed by atoms with van der Waals surface area (Å²) in [5, 5.41) is 0. The first-order chi connectivity index (χ1) is 12.5. The zero-order chi connectivity index (χ0) is 18.7. The van der Waals surface area contributed by atoms with Gasteiger partial charge in [-0.15, -0.1) is 0 Å². The fourth-order valence-electron chi connectivity index (χ4n) is 3.79. The Morgan fingerprint density at radius 3 is 2.08 bits per heavy atom. The van der Waals surface area contributed by atoms with Crippen molar-refractivity contribution in [2.75, 3.05) is 13.2 Å². The van der Waals surface area contributed by atoms with Crippen LogP contribution >= 0.6 is 15.9 Å². The zero-order valence-electron chi connectivity index (χ0n) is 14.9. The van der Waals surface area contributed by atoms with E-state index in [2.05, 4.69) is 15.9 Å². The summed E-state index contributed by atoms with van der Waals surface area (Å²) in [4.78, 5) is 24.9. The van der Waals surface area contributed by atoms with E-state index < -0.39 is 5.41 Å². The highest BCUT2D eigenvalue weighted by atomic mass is 79.9. The van der Waals surface area contributed by atoms with Crippen molar-refractivity contribution in [2.24, 2.45) is 0 Å². The second-order valence-electron chi connectivity index (χ2n) is 6.28. The molecule has 0 fully saturated rings. The lowest BCUT2D eigenvalue weighted by molar-refractivity contribution is -0.147. The Balaban J connectivity index is 2.19. The summed E-state index contributed by atoms with van der Waals surface area (Å²) in [6, 6.07) is 13.9. The number of halogens is 1. The number of esters is 2. The summed E-state index contributed by atoms with van der Waals surface area (Å²) in [5.41, 5.74) is 3.22. The fourth-order valence-corrected chi connectivity index (χ4v) is 4.15. The first-order valence-corrected chi connectivity index (χ1v) is 9.52. The van der Waals surface area contributed by atoms with Crippen LogP contribution in [0, 0.1) is 0 Å². The molecule has 0 heterocycles. The Morgan fingerprint density at radius 2 is 1.46 bits per heavy atom. The van der Waals surface area contributed by atoms with Crippen LogP contribution in [-0.2, 0) is 24.5 Å². The number of hydrogen-bond donors (Lipinski definition) is 0. The van der Waals surface area contributed by atoms with E-state index >= 15 is 0 Å². The number of hydrogen-bond acceptors (Lipinski definition) is 4. The Labute approximate surface area is 161 Å². The summed E-state index contributed by atoms with van der Waals surface area (Å²) in [7, 11) is 0. The maximum Gasteiger partial charge on any atom is 0.307 e. The maximum atomic E-state index is 12.5. The SMILES string of the molecule is CCOC(=O)CC1(CC(=O)OCC)c2ccccc2-c2ccc(Br)cc21. The van der Waals surface area contributed by atoms with E-state index in [4.69, 9.17) is 9.47 Å². The van der Waals surface area contributed by atoms with E-state index in [1.54, 1.807) is 13.8 Å². The Hall–Kier alpha value is -2.14. The number of carbonyl (C=O) groups is 2. The third kappa shape index (κ3) is 3.28. The number of fused-ring (bicyclic) bond motifs is 3. The van der Waals surface area contributed by atoms with Gasteiger partial charge in [0.2, 0.25) is 0 Å². The van der Waals surface area contributed by atoms with Crippen LogP contribution in [0.25, 0.3) is 11.1 Å². The maximum absolute atomic E-state index is 12.5. The van der Waals surface area contributed by atoms with Crippen LogP contribution in [0.3, 0.4) is 0 Å². The smallest absolute Gasteiger partial charge is 0.307 e. The monoisotopic (exact) mass is 416 g/mol. The van der Waals surface area contributed by atoms with E-state index in [-0.39, 0.29) is 24.8 Å². The van der Waals surface area contributed by atoms with E-state index in [1.165, 1.54) is 0 Å². The lowest BCUT2D eigenvalue weighted by Gasteiger charge is -2.30. The van der Waals surface area contributed by atoms with Gasteiger partial charge in [0.05, 0.1) is 26.1 Å². The largest absolute Gasteiger partial charge is 0.466 e. The summed E-state index contributed by atoms with van der Waals surface area (Å²) in [6.45, 7) is 4.18. The van der Waals surface area contributed by atoms with Crippen LogP contribution in [0.5, 0.6) is 0 Å². The number of benzene rings is 2. The van der Waals surface area contributed by atoms with Crippen LogP contribution in [0.15, 0.2) is 46.9 Å². The van der Waals surface area contributed by atoms with E-state index in [9.17, 15) is 9.59 Å². The third-order valence-corrected chi connectivity index (χ3v) is 5.23. The minimum absolute atomic E-state index is 0.0973. The molecule has 0 N–H and O–H groups in total. The summed E-state index contributed by atoms with van der Waals surface area (Å²) < 4.78 is 11.4. The predicted molar refractivity (Wildman–Crippen MR) is 103 cm³/mol. The van der Waals surface area contributed by atoms with Gasteiger partial charge in [-0.2, -0.15) is 0 Å². The van der Waals surface area contributed by atoms with Gasteiger partial charge >= 0.3 is 11.9 Å². The molecular formula is C21H21BrO4. The molecule has 0 spiro atoms. The van der Waals surface area contributed by atoms with Gasteiger partial charge in [-0.1, -0.05) is 46.3 Å².